The molecule has 0 aliphatic carbocycles. The molecule has 0 amide bonds. The number of rotatable bonds is 4. The highest BCUT2D eigenvalue weighted by Gasteiger charge is 2.59. The van der Waals surface area contributed by atoms with Crippen LogP contribution in [0.4, 0.5) is 40.9 Å². The van der Waals surface area contributed by atoms with E-state index in [4.69, 9.17) is 0 Å². The topological polar surface area (TPSA) is 34.2 Å². The predicted octanol–water partition coefficient (Wildman–Crippen LogP) is 3.66. The van der Waals surface area contributed by atoms with Gasteiger partial charge in [0.15, 0.2) is 17.5 Å². The number of anilines is 1. The zero-order valence-electron chi connectivity index (χ0n) is 10.2. The van der Waals surface area contributed by atoms with Gasteiger partial charge in [-0.3, -0.25) is 0 Å². The van der Waals surface area contributed by atoms with E-state index in [0.29, 0.717) is 0 Å². The molecule has 120 valence electrons. The number of aromatic nitrogens is 1. The van der Waals surface area contributed by atoms with E-state index in [9.17, 15) is 35.1 Å². The van der Waals surface area contributed by atoms with Crippen LogP contribution in [-0.2, 0) is 0 Å². The fourth-order valence-corrected chi connectivity index (χ4v) is 1.25. The molecule has 11 heteroatoms. The van der Waals surface area contributed by atoms with Crippen molar-refractivity contribution in [3.05, 3.63) is 17.7 Å². The van der Waals surface area contributed by atoms with Gasteiger partial charge in [0.05, 0.1) is 0 Å². The Morgan fingerprint density at radius 3 is 2.05 bits per heavy atom. The summed E-state index contributed by atoms with van der Waals surface area (Å²) in [6, 6.07) is 0.0735. The van der Waals surface area contributed by atoms with Crippen LogP contribution in [0, 0.1) is 11.6 Å². The molecule has 0 aliphatic rings. The monoisotopic (exact) mass is 324 g/mol. The van der Waals surface area contributed by atoms with Gasteiger partial charge in [0.1, 0.15) is 0 Å². The summed E-state index contributed by atoms with van der Waals surface area (Å²) in [4.78, 5) is 2.95. The Hall–Kier alpha value is -1.81. The van der Waals surface area contributed by atoms with E-state index >= 15 is 0 Å². The summed E-state index contributed by atoms with van der Waals surface area (Å²) in [6.45, 7) is 1.51. The maximum Gasteiger partial charge on any atom is 0.434 e. The van der Waals surface area contributed by atoms with E-state index in [0.717, 1.165) is 0 Å². The summed E-state index contributed by atoms with van der Waals surface area (Å²) in [5.41, 5.74) is 0. The van der Waals surface area contributed by atoms with E-state index < -0.39 is 41.8 Å². The Morgan fingerprint density at radius 2 is 1.62 bits per heavy atom. The molecule has 0 saturated carbocycles. The van der Waals surface area contributed by atoms with Crippen molar-refractivity contribution in [1.29, 1.82) is 0 Å². The van der Waals surface area contributed by atoms with Gasteiger partial charge in [-0.25, -0.2) is 8.78 Å². The molecule has 0 fully saturated rings. The van der Waals surface area contributed by atoms with Crippen LogP contribution < -0.4 is 10.1 Å². The number of ether oxygens (including phenoxy) is 1. The van der Waals surface area contributed by atoms with Crippen LogP contribution >= 0.6 is 0 Å². The minimum atomic E-state index is -5.83. The van der Waals surface area contributed by atoms with Gasteiger partial charge >= 0.3 is 12.4 Å². The van der Waals surface area contributed by atoms with E-state index in [-0.39, 0.29) is 12.6 Å². The van der Waals surface area contributed by atoms with Crippen molar-refractivity contribution in [1.82, 2.24) is 4.98 Å². The fourth-order valence-electron chi connectivity index (χ4n) is 1.25. The minimum Gasteiger partial charge on any atom is -0.453 e. The van der Waals surface area contributed by atoms with Crippen molar-refractivity contribution in [3.8, 4) is 5.88 Å². The van der Waals surface area contributed by atoms with Crippen LogP contribution in [0.1, 0.15) is 6.92 Å². The van der Waals surface area contributed by atoms with Crippen LogP contribution in [0.3, 0.4) is 0 Å². The molecular weight excluding hydrogens is 316 g/mol. The highest BCUT2D eigenvalue weighted by Crippen LogP contribution is 2.37. The van der Waals surface area contributed by atoms with Crippen molar-refractivity contribution >= 4 is 5.82 Å². The largest absolute Gasteiger partial charge is 0.453 e. The lowest BCUT2D eigenvalue weighted by Gasteiger charge is -2.23. The zero-order valence-corrected chi connectivity index (χ0v) is 10.2. The van der Waals surface area contributed by atoms with Gasteiger partial charge in [0.2, 0.25) is 0 Å². The number of nitrogens with zero attached hydrogens (tertiary/aromatic N) is 1. The minimum absolute atomic E-state index is 0.0525. The molecule has 21 heavy (non-hydrogen) atoms. The highest BCUT2D eigenvalue weighted by molar-refractivity contribution is 5.39. The number of alkyl halides is 6. The standard InChI is InChI=1S/C10H8F8N2O/c1-2-19-6-4(11)3-5(12)7(20-6)21-8(9(13,14)15)10(16,17)18/h3,8H,2H2,1H3,(H,19,20). The van der Waals surface area contributed by atoms with E-state index in [1.54, 1.807) is 0 Å². The van der Waals surface area contributed by atoms with Crippen LogP contribution in [0.2, 0.25) is 0 Å². The number of nitrogens with one attached hydrogen (secondary N) is 1. The quantitative estimate of drug-likeness (QED) is 0.858. The Kier molecular flexibility index (Phi) is 4.84. The van der Waals surface area contributed by atoms with E-state index in [1.807, 2.05) is 0 Å². The molecule has 1 aromatic heterocycles. The molecule has 0 saturated heterocycles. The van der Waals surface area contributed by atoms with Crippen molar-refractivity contribution < 1.29 is 39.9 Å². The first-order valence-electron chi connectivity index (χ1n) is 5.36. The van der Waals surface area contributed by atoms with Gasteiger partial charge in [0, 0.05) is 12.6 Å². The smallest absolute Gasteiger partial charge is 0.434 e. The molecule has 0 radical (unpaired) electrons. The third-order valence-electron chi connectivity index (χ3n) is 2.07. The summed E-state index contributed by atoms with van der Waals surface area (Å²) < 4.78 is 104. The molecule has 0 aliphatic heterocycles. The average Bonchev–Trinajstić information content (AvgIpc) is 2.28. The lowest BCUT2D eigenvalue weighted by molar-refractivity contribution is -0.300. The molecule has 0 aromatic carbocycles. The highest BCUT2D eigenvalue weighted by atomic mass is 19.4. The molecule has 1 rings (SSSR count). The van der Waals surface area contributed by atoms with Gasteiger partial charge in [-0.05, 0) is 6.92 Å². The van der Waals surface area contributed by atoms with Crippen molar-refractivity contribution in [2.45, 2.75) is 25.4 Å². The van der Waals surface area contributed by atoms with Gasteiger partial charge in [-0.1, -0.05) is 0 Å². The van der Waals surface area contributed by atoms with Crippen LogP contribution in [0.15, 0.2) is 6.07 Å². The maximum absolute atomic E-state index is 13.2. The summed E-state index contributed by atoms with van der Waals surface area (Å²) in [5.74, 6) is -5.39. The summed E-state index contributed by atoms with van der Waals surface area (Å²) in [5, 5.41) is 2.20. The van der Waals surface area contributed by atoms with Gasteiger partial charge in [-0.15, -0.1) is 0 Å². The van der Waals surface area contributed by atoms with Crippen molar-refractivity contribution in [2.24, 2.45) is 0 Å². The second-order valence-corrected chi connectivity index (χ2v) is 3.72. The lowest BCUT2D eigenvalue weighted by atomic mass is 10.3. The second-order valence-electron chi connectivity index (χ2n) is 3.72. The Labute approximate surface area is 112 Å². The molecule has 1 N–H and O–H groups in total. The molecular formula is C10H8F8N2O. The molecule has 3 nitrogen and oxygen atoms in total. The fraction of sp³-hybridized carbons (Fsp3) is 0.500. The number of halogens is 8. The Balaban J connectivity index is 3.18. The third kappa shape index (κ3) is 4.33. The average molecular weight is 324 g/mol. The van der Waals surface area contributed by atoms with Crippen molar-refractivity contribution in [3.63, 3.8) is 0 Å². The Morgan fingerprint density at radius 1 is 1.10 bits per heavy atom. The maximum atomic E-state index is 13.2. The predicted molar refractivity (Wildman–Crippen MR) is 54.8 cm³/mol. The van der Waals surface area contributed by atoms with Crippen molar-refractivity contribution in [2.75, 3.05) is 11.9 Å². The summed E-state index contributed by atoms with van der Waals surface area (Å²) in [7, 11) is 0. The normalized spacial score (nSPS) is 12.7. The molecule has 0 bridgehead atoms. The first-order valence-corrected chi connectivity index (χ1v) is 5.36. The first-order chi connectivity index (χ1) is 9.46. The van der Waals surface area contributed by atoms with Crippen LogP contribution in [0.5, 0.6) is 5.88 Å². The van der Waals surface area contributed by atoms with E-state index in [1.165, 1.54) is 6.92 Å². The number of hydrogen-bond donors (Lipinski definition) is 1. The van der Waals surface area contributed by atoms with Crippen LogP contribution in [0.25, 0.3) is 0 Å². The SMILES string of the molecule is CCNc1nc(OC(C(F)(F)F)C(F)(F)F)c(F)cc1F. The summed E-state index contributed by atoms with van der Waals surface area (Å²) in [6.07, 6.45) is -15.9. The molecule has 0 spiro atoms. The summed E-state index contributed by atoms with van der Waals surface area (Å²) >= 11 is 0. The van der Waals surface area contributed by atoms with Gasteiger partial charge in [-0.2, -0.15) is 31.3 Å². The van der Waals surface area contributed by atoms with Gasteiger partial charge < -0.3 is 10.1 Å². The molecule has 0 unspecified atom stereocenters. The second kappa shape index (κ2) is 5.90. The Bertz CT molecular complexity index is 485. The lowest BCUT2D eigenvalue weighted by Crippen LogP contribution is -2.46. The molecule has 1 aromatic rings. The van der Waals surface area contributed by atoms with Crippen LogP contribution in [-0.4, -0.2) is 30.0 Å². The number of pyridine rings is 1. The van der Waals surface area contributed by atoms with Gasteiger partial charge in [0.25, 0.3) is 12.0 Å². The molecule has 0 atom stereocenters. The van der Waals surface area contributed by atoms with E-state index in [2.05, 4.69) is 15.0 Å². The third-order valence-corrected chi connectivity index (χ3v) is 2.07. The number of hydrogen-bond acceptors (Lipinski definition) is 3. The first kappa shape index (κ1) is 17.2. The molecule has 1 heterocycles. The zero-order chi connectivity index (χ0) is 16.4.